The highest BCUT2D eigenvalue weighted by Gasteiger charge is 2.09. The van der Waals surface area contributed by atoms with Crippen LogP contribution in [-0.4, -0.2) is 0 Å². The van der Waals surface area contributed by atoms with Gasteiger partial charge in [-0.1, -0.05) is 60.7 Å². The highest BCUT2D eigenvalue weighted by Crippen LogP contribution is 2.16. The largest absolute Gasteiger partial charge is 0.305 e. The van der Waals surface area contributed by atoms with Gasteiger partial charge in [-0.2, -0.15) is 5.26 Å². The summed E-state index contributed by atoms with van der Waals surface area (Å²) in [5.41, 5.74) is 2.39. The summed E-state index contributed by atoms with van der Waals surface area (Å²) in [7, 11) is 0. The third kappa shape index (κ3) is 3.44. The first-order valence-electron chi connectivity index (χ1n) is 6.09. The number of nitrogens with zero attached hydrogens (tertiary/aromatic N) is 1. The van der Waals surface area contributed by atoms with Crippen molar-refractivity contribution < 1.29 is 0 Å². The first-order valence-corrected chi connectivity index (χ1v) is 6.09. The van der Waals surface area contributed by atoms with Crippen molar-refractivity contribution in [3.8, 4) is 6.07 Å². The second-order valence-electron chi connectivity index (χ2n) is 4.19. The second kappa shape index (κ2) is 6.58. The number of benzene rings is 2. The van der Waals surface area contributed by atoms with E-state index in [1.54, 1.807) is 0 Å². The number of nitriles is 1. The average molecular weight is 236 g/mol. The molecule has 18 heavy (non-hydrogen) atoms. The Kier molecular flexibility index (Phi) is 4.52. The maximum Gasteiger partial charge on any atom is 0.0641 e. The number of hydrogen-bond donors (Lipinski definition) is 1. The summed E-state index contributed by atoms with van der Waals surface area (Å²) in [6.07, 6.45) is 0.483. The van der Waals surface area contributed by atoms with Gasteiger partial charge in [0.25, 0.3) is 0 Å². The Bertz CT molecular complexity index is 500. The molecule has 0 aromatic heterocycles. The molecule has 0 aliphatic carbocycles. The van der Waals surface area contributed by atoms with Crippen molar-refractivity contribution in [3.63, 3.8) is 0 Å². The van der Waals surface area contributed by atoms with Gasteiger partial charge >= 0.3 is 0 Å². The summed E-state index contributed by atoms with van der Waals surface area (Å²) in [5.74, 6) is 0. The minimum atomic E-state index is 0.0939. The van der Waals surface area contributed by atoms with E-state index in [0.29, 0.717) is 6.42 Å². The van der Waals surface area contributed by atoms with Gasteiger partial charge in [0.1, 0.15) is 0 Å². The molecule has 2 aromatic carbocycles. The van der Waals surface area contributed by atoms with Crippen LogP contribution in [0.2, 0.25) is 0 Å². The molecule has 0 bridgehead atoms. The summed E-state index contributed by atoms with van der Waals surface area (Å²) in [4.78, 5) is 0. The van der Waals surface area contributed by atoms with Crippen LogP contribution in [0.1, 0.15) is 23.6 Å². The zero-order valence-corrected chi connectivity index (χ0v) is 10.2. The van der Waals surface area contributed by atoms with Crippen molar-refractivity contribution in [2.45, 2.75) is 19.0 Å². The predicted octanol–water partition coefficient (Wildman–Crippen LogP) is 3.43. The lowest BCUT2D eigenvalue weighted by molar-refractivity contribution is 0.542. The lowest BCUT2D eigenvalue weighted by Crippen LogP contribution is -2.20. The van der Waals surface area contributed by atoms with E-state index in [0.717, 1.165) is 12.1 Å². The van der Waals surface area contributed by atoms with E-state index in [9.17, 15) is 0 Å². The zero-order chi connectivity index (χ0) is 12.6. The summed E-state index contributed by atoms with van der Waals surface area (Å²) in [6, 6.07) is 22.7. The first-order chi connectivity index (χ1) is 8.90. The molecule has 2 aromatic rings. The zero-order valence-electron chi connectivity index (χ0n) is 10.2. The minimum absolute atomic E-state index is 0.0939. The van der Waals surface area contributed by atoms with Gasteiger partial charge < -0.3 is 5.32 Å². The predicted molar refractivity (Wildman–Crippen MR) is 72.7 cm³/mol. The SMILES string of the molecule is N#CC[C@@H](NCc1ccccc1)c1ccccc1. The van der Waals surface area contributed by atoms with Crippen LogP contribution >= 0.6 is 0 Å². The number of rotatable bonds is 5. The van der Waals surface area contributed by atoms with Crippen LogP contribution in [0, 0.1) is 11.3 Å². The molecule has 2 heteroatoms. The summed E-state index contributed by atoms with van der Waals surface area (Å²) in [5, 5.41) is 12.3. The van der Waals surface area contributed by atoms with E-state index in [1.807, 2.05) is 36.4 Å². The van der Waals surface area contributed by atoms with Gasteiger partial charge in [-0.15, -0.1) is 0 Å². The molecule has 2 rings (SSSR count). The maximum absolute atomic E-state index is 8.91. The maximum atomic E-state index is 8.91. The molecular weight excluding hydrogens is 220 g/mol. The van der Waals surface area contributed by atoms with Crippen LogP contribution in [0.3, 0.4) is 0 Å². The summed E-state index contributed by atoms with van der Waals surface area (Å²) in [6.45, 7) is 0.780. The third-order valence-electron chi connectivity index (χ3n) is 2.89. The molecule has 0 saturated carbocycles. The Hall–Kier alpha value is -2.11. The molecule has 1 atom stereocenters. The highest BCUT2D eigenvalue weighted by atomic mass is 14.9. The van der Waals surface area contributed by atoms with Gasteiger partial charge in [0.05, 0.1) is 12.5 Å². The van der Waals surface area contributed by atoms with Crippen LogP contribution in [0.25, 0.3) is 0 Å². The topological polar surface area (TPSA) is 35.8 Å². The van der Waals surface area contributed by atoms with Crippen molar-refractivity contribution in [1.82, 2.24) is 5.32 Å². The molecule has 0 spiro atoms. The van der Waals surface area contributed by atoms with Gasteiger partial charge in [-0.3, -0.25) is 0 Å². The van der Waals surface area contributed by atoms with Crippen molar-refractivity contribution in [1.29, 1.82) is 5.26 Å². The minimum Gasteiger partial charge on any atom is -0.305 e. The van der Waals surface area contributed by atoms with Crippen molar-refractivity contribution in [2.75, 3.05) is 0 Å². The van der Waals surface area contributed by atoms with Crippen LogP contribution in [0.5, 0.6) is 0 Å². The Labute approximate surface area is 108 Å². The molecular formula is C16H16N2. The van der Waals surface area contributed by atoms with Crippen LogP contribution in [0.4, 0.5) is 0 Å². The molecule has 0 saturated heterocycles. The fourth-order valence-corrected chi connectivity index (χ4v) is 1.92. The summed E-state index contributed by atoms with van der Waals surface area (Å²) >= 11 is 0. The van der Waals surface area contributed by atoms with E-state index >= 15 is 0 Å². The molecule has 0 amide bonds. The molecule has 1 N–H and O–H groups in total. The number of hydrogen-bond acceptors (Lipinski definition) is 2. The van der Waals surface area contributed by atoms with Gasteiger partial charge in [0, 0.05) is 12.6 Å². The van der Waals surface area contributed by atoms with E-state index in [1.165, 1.54) is 5.56 Å². The lowest BCUT2D eigenvalue weighted by Gasteiger charge is -2.16. The monoisotopic (exact) mass is 236 g/mol. The molecule has 90 valence electrons. The quantitative estimate of drug-likeness (QED) is 0.863. The Morgan fingerprint density at radius 1 is 0.944 bits per heavy atom. The van der Waals surface area contributed by atoms with Gasteiger partial charge in [0.15, 0.2) is 0 Å². The molecule has 0 unspecified atom stereocenters. The van der Waals surface area contributed by atoms with Crippen molar-refractivity contribution in [3.05, 3.63) is 71.8 Å². The van der Waals surface area contributed by atoms with E-state index < -0.39 is 0 Å². The smallest absolute Gasteiger partial charge is 0.0641 e. The summed E-state index contributed by atoms with van der Waals surface area (Å²) < 4.78 is 0. The Balaban J connectivity index is 2.02. The Morgan fingerprint density at radius 2 is 1.56 bits per heavy atom. The van der Waals surface area contributed by atoms with Gasteiger partial charge in [-0.25, -0.2) is 0 Å². The lowest BCUT2D eigenvalue weighted by atomic mass is 10.0. The van der Waals surface area contributed by atoms with E-state index in [-0.39, 0.29) is 6.04 Å². The fraction of sp³-hybridized carbons (Fsp3) is 0.188. The Morgan fingerprint density at radius 3 is 2.17 bits per heavy atom. The molecule has 0 radical (unpaired) electrons. The van der Waals surface area contributed by atoms with E-state index in [4.69, 9.17) is 5.26 Å². The van der Waals surface area contributed by atoms with Crippen LogP contribution in [0.15, 0.2) is 60.7 Å². The molecule has 0 fully saturated rings. The molecule has 0 aliphatic heterocycles. The van der Waals surface area contributed by atoms with Gasteiger partial charge in [-0.05, 0) is 11.1 Å². The standard InChI is InChI=1S/C16H16N2/c17-12-11-16(15-9-5-2-6-10-15)18-13-14-7-3-1-4-8-14/h1-10,16,18H,11,13H2/t16-/m1/s1. The second-order valence-corrected chi connectivity index (χ2v) is 4.19. The van der Waals surface area contributed by atoms with E-state index in [2.05, 4.69) is 35.7 Å². The van der Waals surface area contributed by atoms with Crippen LogP contribution in [-0.2, 0) is 6.54 Å². The van der Waals surface area contributed by atoms with Crippen molar-refractivity contribution in [2.24, 2.45) is 0 Å². The molecule has 0 aliphatic rings. The normalized spacial score (nSPS) is 11.7. The van der Waals surface area contributed by atoms with Crippen LogP contribution < -0.4 is 5.32 Å². The number of nitrogens with one attached hydrogen (secondary N) is 1. The molecule has 0 heterocycles. The third-order valence-corrected chi connectivity index (χ3v) is 2.89. The highest BCUT2D eigenvalue weighted by molar-refractivity contribution is 5.21. The van der Waals surface area contributed by atoms with Crippen molar-refractivity contribution >= 4 is 0 Å². The first kappa shape index (κ1) is 12.3. The van der Waals surface area contributed by atoms with Gasteiger partial charge in [0.2, 0.25) is 0 Å². The molecule has 2 nitrogen and oxygen atoms in total. The average Bonchev–Trinajstić information content (AvgIpc) is 2.45. The fourth-order valence-electron chi connectivity index (χ4n) is 1.92.